The van der Waals surface area contributed by atoms with Gasteiger partial charge < -0.3 is 19.1 Å². The average molecular weight is 281 g/mol. The van der Waals surface area contributed by atoms with Gasteiger partial charge in [-0.25, -0.2) is 0 Å². The maximum atomic E-state index is 12.5. The summed E-state index contributed by atoms with van der Waals surface area (Å²) in [7, 11) is 1.68. The third kappa shape index (κ3) is 2.98. The molecule has 1 saturated heterocycles. The molecular weight excluding hydrogens is 262 g/mol. The molecule has 1 fully saturated rings. The normalized spacial score (nSPS) is 22.6. The van der Waals surface area contributed by atoms with Gasteiger partial charge in [-0.1, -0.05) is 5.16 Å². The number of carbonyl (C=O) groups excluding carboxylic acids is 2. The van der Waals surface area contributed by atoms with Crippen molar-refractivity contribution in [3.8, 4) is 0 Å². The van der Waals surface area contributed by atoms with Crippen molar-refractivity contribution in [1.82, 2.24) is 15.0 Å². The Morgan fingerprint density at radius 3 is 3.00 bits per heavy atom. The van der Waals surface area contributed by atoms with Crippen LogP contribution in [-0.2, 0) is 20.9 Å². The van der Waals surface area contributed by atoms with E-state index in [1.54, 1.807) is 31.9 Å². The molecule has 0 bridgehead atoms. The van der Waals surface area contributed by atoms with Crippen LogP contribution in [0.4, 0.5) is 0 Å². The lowest BCUT2D eigenvalue weighted by molar-refractivity contribution is -0.167. The number of likely N-dealkylation sites (N-methyl/N-ethyl adjacent to an activating group) is 1. The number of hydrogen-bond donors (Lipinski definition) is 0. The molecule has 7 nitrogen and oxygen atoms in total. The summed E-state index contributed by atoms with van der Waals surface area (Å²) in [5, 5.41) is 3.86. The number of ether oxygens (including phenoxy) is 1. The Hall–Kier alpha value is -1.89. The largest absolute Gasteiger partial charge is 0.362 e. The van der Waals surface area contributed by atoms with Crippen LogP contribution in [0.5, 0.6) is 0 Å². The highest BCUT2D eigenvalue weighted by atomic mass is 16.5. The first-order chi connectivity index (χ1) is 9.44. The molecule has 1 aromatic rings. The molecule has 2 amide bonds. The molecule has 0 radical (unpaired) electrons. The molecule has 2 rings (SSSR count). The molecule has 0 N–H and O–H groups in total. The number of rotatable bonds is 4. The minimum atomic E-state index is -1.01. The predicted octanol–water partition coefficient (Wildman–Crippen LogP) is 0.189. The zero-order chi connectivity index (χ0) is 14.8. The van der Waals surface area contributed by atoms with Gasteiger partial charge in [-0.2, -0.15) is 0 Å². The van der Waals surface area contributed by atoms with Gasteiger partial charge in [0.15, 0.2) is 5.60 Å². The van der Waals surface area contributed by atoms with Crippen LogP contribution in [0.3, 0.4) is 0 Å². The van der Waals surface area contributed by atoms with Gasteiger partial charge in [0.25, 0.3) is 5.91 Å². The van der Waals surface area contributed by atoms with Gasteiger partial charge >= 0.3 is 0 Å². The Morgan fingerprint density at radius 2 is 2.40 bits per heavy atom. The molecule has 1 aromatic heterocycles. The smallest absolute Gasteiger partial charge is 0.256 e. The third-order valence-corrected chi connectivity index (χ3v) is 3.33. The van der Waals surface area contributed by atoms with Crippen molar-refractivity contribution in [2.75, 3.05) is 26.7 Å². The molecule has 1 aliphatic heterocycles. The minimum absolute atomic E-state index is 0.176. The van der Waals surface area contributed by atoms with E-state index in [-0.39, 0.29) is 12.5 Å². The number of amides is 2. The van der Waals surface area contributed by atoms with Gasteiger partial charge in [-0.3, -0.25) is 9.59 Å². The van der Waals surface area contributed by atoms with E-state index >= 15 is 0 Å². The lowest BCUT2D eigenvalue weighted by atomic mass is 10.0. The summed E-state index contributed by atoms with van der Waals surface area (Å²) >= 11 is 0. The molecule has 20 heavy (non-hydrogen) atoms. The molecule has 1 unspecified atom stereocenters. The Morgan fingerprint density at radius 1 is 1.65 bits per heavy atom. The van der Waals surface area contributed by atoms with Crippen LogP contribution in [0, 0.1) is 6.92 Å². The highest BCUT2D eigenvalue weighted by Gasteiger charge is 2.40. The Labute approximate surface area is 117 Å². The minimum Gasteiger partial charge on any atom is -0.362 e. The number of morpholine rings is 1. The second kappa shape index (κ2) is 5.62. The van der Waals surface area contributed by atoms with Crippen molar-refractivity contribution in [2.24, 2.45) is 0 Å². The third-order valence-electron chi connectivity index (χ3n) is 3.33. The molecule has 7 heteroatoms. The van der Waals surface area contributed by atoms with Crippen LogP contribution in [0.25, 0.3) is 0 Å². The summed E-state index contributed by atoms with van der Waals surface area (Å²) in [6, 6.07) is 1.78. The van der Waals surface area contributed by atoms with Crippen molar-refractivity contribution in [2.45, 2.75) is 26.0 Å². The molecule has 2 heterocycles. The summed E-state index contributed by atoms with van der Waals surface area (Å²) in [6.07, 6.45) is 0.745. The number of nitrogens with zero attached hydrogens (tertiary/aromatic N) is 3. The highest BCUT2D eigenvalue weighted by Crippen LogP contribution is 2.20. The monoisotopic (exact) mass is 281 g/mol. The first kappa shape index (κ1) is 14.5. The Balaban J connectivity index is 2.03. The van der Waals surface area contributed by atoms with Crippen molar-refractivity contribution in [3.63, 3.8) is 0 Å². The lowest BCUT2D eigenvalue weighted by Crippen LogP contribution is -2.57. The van der Waals surface area contributed by atoms with E-state index in [4.69, 9.17) is 9.26 Å². The van der Waals surface area contributed by atoms with E-state index in [0.29, 0.717) is 31.2 Å². The second-order valence-corrected chi connectivity index (χ2v) is 5.25. The van der Waals surface area contributed by atoms with E-state index in [0.717, 1.165) is 6.41 Å². The fourth-order valence-corrected chi connectivity index (χ4v) is 2.33. The second-order valence-electron chi connectivity index (χ2n) is 5.25. The number of aromatic nitrogens is 1. The van der Waals surface area contributed by atoms with Crippen LogP contribution in [0.2, 0.25) is 0 Å². The molecule has 0 aromatic carbocycles. The summed E-state index contributed by atoms with van der Waals surface area (Å²) in [5.74, 6) is 0.526. The zero-order valence-corrected chi connectivity index (χ0v) is 12.0. The zero-order valence-electron chi connectivity index (χ0n) is 12.0. The fourth-order valence-electron chi connectivity index (χ4n) is 2.33. The maximum absolute atomic E-state index is 12.5. The van der Waals surface area contributed by atoms with E-state index in [1.165, 1.54) is 4.90 Å². The van der Waals surface area contributed by atoms with E-state index in [2.05, 4.69) is 5.16 Å². The van der Waals surface area contributed by atoms with Crippen LogP contribution in [0.1, 0.15) is 18.4 Å². The first-order valence-corrected chi connectivity index (χ1v) is 6.46. The molecular formula is C13H19N3O4. The molecule has 1 aliphatic rings. The van der Waals surface area contributed by atoms with E-state index in [9.17, 15) is 9.59 Å². The SMILES string of the molecule is Cc1cc(CN(C)C(=O)C2(C)CN(C=O)CCO2)no1. The number of carbonyl (C=O) groups is 2. The summed E-state index contributed by atoms with van der Waals surface area (Å²) in [6.45, 7) is 4.98. The summed E-state index contributed by atoms with van der Waals surface area (Å²) in [4.78, 5) is 26.4. The Kier molecular flexibility index (Phi) is 4.08. The molecule has 110 valence electrons. The van der Waals surface area contributed by atoms with Crippen molar-refractivity contribution < 1.29 is 18.8 Å². The average Bonchev–Trinajstić information content (AvgIpc) is 2.83. The quantitative estimate of drug-likeness (QED) is 0.736. The summed E-state index contributed by atoms with van der Waals surface area (Å²) < 4.78 is 10.6. The van der Waals surface area contributed by atoms with Gasteiger partial charge in [0.05, 0.1) is 19.7 Å². The van der Waals surface area contributed by atoms with Crippen molar-refractivity contribution in [1.29, 1.82) is 0 Å². The van der Waals surface area contributed by atoms with Crippen LogP contribution >= 0.6 is 0 Å². The number of hydrogen-bond acceptors (Lipinski definition) is 5. The van der Waals surface area contributed by atoms with Gasteiger partial charge in [-0.05, 0) is 13.8 Å². The number of aryl methyl sites for hydroxylation is 1. The van der Waals surface area contributed by atoms with Crippen LogP contribution in [-0.4, -0.2) is 59.6 Å². The van der Waals surface area contributed by atoms with Gasteiger partial charge in [0.2, 0.25) is 6.41 Å². The molecule has 0 aliphatic carbocycles. The van der Waals surface area contributed by atoms with Gasteiger partial charge in [0, 0.05) is 19.7 Å². The first-order valence-electron chi connectivity index (χ1n) is 6.46. The van der Waals surface area contributed by atoms with E-state index in [1.807, 2.05) is 0 Å². The lowest BCUT2D eigenvalue weighted by Gasteiger charge is -2.39. The summed E-state index contributed by atoms with van der Waals surface area (Å²) in [5.41, 5.74) is -0.322. The van der Waals surface area contributed by atoms with Gasteiger partial charge in [0.1, 0.15) is 11.5 Å². The standard InChI is InChI=1S/C13H19N3O4/c1-10-6-11(14-20-10)7-15(3)12(18)13(2)8-16(9-17)4-5-19-13/h6,9H,4-5,7-8H2,1-3H3. The van der Waals surface area contributed by atoms with Crippen molar-refractivity contribution in [3.05, 3.63) is 17.5 Å². The van der Waals surface area contributed by atoms with Gasteiger partial charge in [-0.15, -0.1) is 0 Å². The molecule has 0 saturated carbocycles. The van der Waals surface area contributed by atoms with Crippen molar-refractivity contribution >= 4 is 12.3 Å². The molecule has 1 atom stereocenters. The van der Waals surface area contributed by atoms with E-state index < -0.39 is 5.60 Å². The molecule has 0 spiro atoms. The topological polar surface area (TPSA) is 75.9 Å². The van der Waals surface area contributed by atoms with Crippen LogP contribution < -0.4 is 0 Å². The predicted molar refractivity (Wildman–Crippen MR) is 69.7 cm³/mol. The fraction of sp³-hybridized carbons (Fsp3) is 0.615. The Bertz CT molecular complexity index is 502. The maximum Gasteiger partial charge on any atom is 0.256 e. The van der Waals surface area contributed by atoms with Crippen LogP contribution in [0.15, 0.2) is 10.6 Å². The highest BCUT2D eigenvalue weighted by molar-refractivity contribution is 5.85.